The molecular formula is C24H31N3O2. The Hall–Kier alpha value is -2.66. The van der Waals surface area contributed by atoms with Crippen molar-refractivity contribution in [2.45, 2.75) is 39.7 Å². The zero-order chi connectivity index (χ0) is 20.6. The molecule has 1 N–H and O–H groups in total. The molecule has 3 rings (SSSR count). The van der Waals surface area contributed by atoms with Crippen LogP contribution in [0.4, 0.5) is 5.69 Å². The fourth-order valence-electron chi connectivity index (χ4n) is 3.76. The van der Waals surface area contributed by atoms with Crippen LogP contribution in [0.1, 0.15) is 59.4 Å². The third-order valence-electron chi connectivity index (χ3n) is 5.49. The Morgan fingerprint density at radius 2 is 1.62 bits per heavy atom. The number of benzene rings is 2. The summed E-state index contributed by atoms with van der Waals surface area (Å²) in [6.45, 7) is 8.50. The van der Waals surface area contributed by atoms with Crippen LogP contribution in [0, 0.1) is 0 Å². The van der Waals surface area contributed by atoms with Crippen molar-refractivity contribution in [1.29, 1.82) is 0 Å². The van der Waals surface area contributed by atoms with Crippen LogP contribution in [0.3, 0.4) is 0 Å². The van der Waals surface area contributed by atoms with Gasteiger partial charge in [-0.05, 0) is 75.7 Å². The summed E-state index contributed by atoms with van der Waals surface area (Å²) in [4.78, 5) is 29.4. The monoisotopic (exact) mass is 393 g/mol. The largest absolute Gasteiger partial charge is 0.339 e. The number of carbonyl (C=O) groups excluding carboxylic acids is 2. The van der Waals surface area contributed by atoms with Gasteiger partial charge in [-0.15, -0.1) is 0 Å². The number of nitrogens with one attached hydrogen (secondary N) is 1. The SMILES string of the molecule is CCN(CC)C(=O)c1cccc(NC(=O)c2ccc(CN3CCCCC3)cc2)c1. The fourth-order valence-corrected chi connectivity index (χ4v) is 3.76. The maximum atomic E-state index is 12.6. The fraction of sp³-hybridized carbons (Fsp3) is 0.417. The Morgan fingerprint density at radius 1 is 0.931 bits per heavy atom. The summed E-state index contributed by atoms with van der Waals surface area (Å²) < 4.78 is 0. The Kier molecular flexibility index (Phi) is 7.42. The maximum absolute atomic E-state index is 12.6. The van der Waals surface area contributed by atoms with Crippen LogP contribution in [0.25, 0.3) is 0 Å². The van der Waals surface area contributed by atoms with Crippen molar-refractivity contribution in [3.8, 4) is 0 Å². The van der Waals surface area contributed by atoms with E-state index in [1.54, 1.807) is 23.1 Å². The molecular weight excluding hydrogens is 362 g/mol. The molecule has 1 fully saturated rings. The normalized spacial score (nSPS) is 14.4. The highest BCUT2D eigenvalue weighted by atomic mass is 16.2. The number of nitrogens with zero attached hydrogens (tertiary/aromatic N) is 2. The lowest BCUT2D eigenvalue weighted by molar-refractivity contribution is 0.0772. The van der Waals surface area contributed by atoms with Gasteiger partial charge in [-0.3, -0.25) is 14.5 Å². The van der Waals surface area contributed by atoms with Crippen molar-refractivity contribution in [3.63, 3.8) is 0 Å². The molecule has 5 heteroatoms. The van der Waals surface area contributed by atoms with Crippen LogP contribution in [0.5, 0.6) is 0 Å². The molecule has 29 heavy (non-hydrogen) atoms. The van der Waals surface area contributed by atoms with Crippen LogP contribution in [-0.2, 0) is 6.54 Å². The van der Waals surface area contributed by atoms with E-state index in [9.17, 15) is 9.59 Å². The molecule has 5 nitrogen and oxygen atoms in total. The predicted molar refractivity (Wildman–Crippen MR) is 117 cm³/mol. The summed E-state index contributed by atoms with van der Waals surface area (Å²) in [7, 11) is 0. The minimum Gasteiger partial charge on any atom is -0.339 e. The smallest absolute Gasteiger partial charge is 0.255 e. The number of carbonyl (C=O) groups is 2. The van der Waals surface area contributed by atoms with Gasteiger partial charge in [-0.25, -0.2) is 0 Å². The average Bonchev–Trinajstić information content (AvgIpc) is 2.76. The number of hydrogen-bond acceptors (Lipinski definition) is 3. The zero-order valence-corrected chi connectivity index (χ0v) is 17.5. The second kappa shape index (κ2) is 10.2. The van der Waals surface area contributed by atoms with Gasteiger partial charge in [0, 0.05) is 36.4 Å². The van der Waals surface area contributed by atoms with E-state index < -0.39 is 0 Å². The molecule has 2 amide bonds. The van der Waals surface area contributed by atoms with Gasteiger partial charge in [0.1, 0.15) is 0 Å². The number of hydrogen-bond donors (Lipinski definition) is 1. The van der Waals surface area contributed by atoms with E-state index in [4.69, 9.17) is 0 Å². The number of piperidine rings is 1. The highest BCUT2D eigenvalue weighted by Gasteiger charge is 2.14. The Morgan fingerprint density at radius 3 is 2.28 bits per heavy atom. The number of rotatable bonds is 7. The standard InChI is InChI=1S/C24H31N3O2/c1-3-27(4-2)24(29)21-9-8-10-22(17-21)25-23(28)20-13-11-19(12-14-20)18-26-15-6-5-7-16-26/h8-14,17H,3-7,15-16,18H2,1-2H3,(H,25,28). The van der Waals surface area contributed by atoms with Crippen LogP contribution in [0.2, 0.25) is 0 Å². The van der Waals surface area contributed by atoms with E-state index in [0.29, 0.717) is 29.9 Å². The molecule has 0 atom stereocenters. The second-order valence-electron chi connectivity index (χ2n) is 7.55. The van der Waals surface area contributed by atoms with E-state index in [-0.39, 0.29) is 11.8 Å². The van der Waals surface area contributed by atoms with Crippen molar-refractivity contribution in [2.24, 2.45) is 0 Å². The number of anilines is 1. The van der Waals surface area contributed by atoms with Crippen molar-refractivity contribution < 1.29 is 9.59 Å². The minimum atomic E-state index is -0.165. The highest BCUT2D eigenvalue weighted by Crippen LogP contribution is 2.16. The summed E-state index contributed by atoms with van der Waals surface area (Å²) in [5.74, 6) is -0.185. The summed E-state index contributed by atoms with van der Waals surface area (Å²) >= 11 is 0. The third-order valence-corrected chi connectivity index (χ3v) is 5.49. The van der Waals surface area contributed by atoms with Crippen molar-refractivity contribution >= 4 is 17.5 Å². The van der Waals surface area contributed by atoms with Crippen LogP contribution in [0.15, 0.2) is 48.5 Å². The lowest BCUT2D eigenvalue weighted by atomic mass is 10.1. The first-order chi connectivity index (χ1) is 14.1. The first kappa shape index (κ1) is 21.1. The van der Waals surface area contributed by atoms with E-state index in [2.05, 4.69) is 10.2 Å². The minimum absolute atomic E-state index is 0.0202. The molecule has 0 saturated carbocycles. The van der Waals surface area contributed by atoms with Gasteiger partial charge >= 0.3 is 0 Å². The molecule has 1 aliphatic rings. The molecule has 0 unspecified atom stereocenters. The second-order valence-corrected chi connectivity index (χ2v) is 7.55. The van der Waals surface area contributed by atoms with Crippen molar-refractivity contribution in [2.75, 3.05) is 31.5 Å². The molecule has 0 aromatic heterocycles. The molecule has 1 saturated heterocycles. The van der Waals surface area contributed by atoms with Gasteiger partial charge in [0.2, 0.25) is 0 Å². The van der Waals surface area contributed by atoms with E-state index in [0.717, 1.165) is 19.6 Å². The van der Waals surface area contributed by atoms with Gasteiger partial charge in [-0.2, -0.15) is 0 Å². The van der Waals surface area contributed by atoms with Gasteiger partial charge in [0.15, 0.2) is 0 Å². The molecule has 0 radical (unpaired) electrons. The lowest BCUT2D eigenvalue weighted by Gasteiger charge is -2.26. The van der Waals surface area contributed by atoms with Gasteiger partial charge < -0.3 is 10.2 Å². The van der Waals surface area contributed by atoms with Crippen LogP contribution < -0.4 is 5.32 Å². The molecule has 154 valence electrons. The highest BCUT2D eigenvalue weighted by molar-refractivity contribution is 6.05. The summed E-state index contributed by atoms with van der Waals surface area (Å²) in [5, 5.41) is 2.91. The first-order valence-corrected chi connectivity index (χ1v) is 10.6. The van der Waals surface area contributed by atoms with E-state index >= 15 is 0 Å². The van der Waals surface area contributed by atoms with E-state index in [1.807, 2.05) is 44.2 Å². The van der Waals surface area contributed by atoms with Gasteiger partial charge in [0.25, 0.3) is 11.8 Å². The lowest BCUT2D eigenvalue weighted by Crippen LogP contribution is -2.30. The Labute approximate surface area is 173 Å². The van der Waals surface area contributed by atoms with Crippen LogP contribution in [-0.4, -0.2) is 47.8 Å². The molecule has 1 aliphatic heterocycles. The average molecular weight is 394 g/mol. The molecule has 0 bridgehead atoms. The molecule has 1 heterocycles. The van der Waals surface area contributed by atoms with Crippen LogP contribution >= 0.6 is 0 Å². The van der Waals surface area contributed by atoms with Gasteiger partial charge in [-0.1, -0.05) is 24.6 Å². The molecule has 0 aliphatic carbocycles. The van der Waals surface area contributed by atoms with Crippen molar-refractivity contribution in [3.05, 3.63) is 65.2 Å². The Bertz CT molecular complexity index is 822. The molecule has 2 aromatic carbocycles. The summed E-state index contributed by atoms with van der Waals surface area (Å²) in [5.41, 5.74) is 3.07. The number of likely N-dealkylation sites (tertiary alicyclic amines) is 1. The van der Waals surface area contributed by atoms with E-state index in [1.165, 1.54) is 24.8 Å². The van der Waals surface area contributed by atoms with Crippen molar-refractivity contribution in [1.82, 2.24) is 9.80 Å². The molecule has 2 aromatic rings. The Balaban J connectivity index is 1.62. The van der Waals surface area contributed by atoms with Gasteiger partial charge in [0.05, 0.1) is 0 Å². The quantitative estimate of drug-likeness (QED) is 0.758. The third kappa shape index (κ3) is 5.67. The summed E-state index contributed by atoms with van der Waals surface area (Å²) in [6.07, 6.45) is 3.88. The predicted octanol–water partition coefficient (Wildman–Crippen LogP) is 4.41. The summed E-state index contributed by atoms with van der Waals surface area (Å²) in [6, 6.07) is 14.9. The number of amides is 2. The molecule has 0 spiro atoms. The zero-order valence-electron chi connectivity index (χ0n) is 17.5. The topological polar surface area (TPSA) is 52.7 Å². The maximum Gasteiger partial charge on any atom is 0.255 e. The first-order valence-electron chi connectivity index (χ1n) is 10.6.